The molecule has 0 aliphatic heterocycles. The summed E-state index contributed by atoms with van der Waals surface area (Å²) in [5.74, 6) is 1.52. The first-order valence-electron chi connectivity index (χ1n) is 7.13. The maximum Gasteiger partial charge on any atom is 0.221 e. The molecule has 1 aromatic carbocycles. The molecule has 5 heteroatoms. The molecule has 1 heterocycles. The van der Waals surface area contributed by atoms with Crippen LogP contribution in [-0.4, -0.2) is 10.9 Å². The third-order valence-corrected chi connectivity index (χ3v) is 3.22. The van der Waals surface area contributed by atoms with Gasteiger partial charge in [-0.3, -0.25) is 4.79 Å². The van der Waals surface area contributed by atoms with Gasteiger partial charge in [-0.15, -0.1) is 0 Å². The summed E-state index contributed by atoms with van der Waals surface area (Å²) >= 11 is 0. The van der Waals surface area contributed by atoms with Gasteiger partial charge in [-0.2, -0.15) is 0 Å². The van der Waals surface area contributed by atoms with E-state index in [1.807, 2.05) is 31.2 Å². The Labute approximate surface area is 124 Å². The second kappa shape index (κ2) is 7.04. The molecule has 0 radical (unpaired) electrons. The molecule has 0 fully saturated rings. The molecule has 2 rings (SSSR count). The lowest BCUT2D eigenvalue weighted by Gasteiger charge is -2.14. The first-order valence-corrected chi connectivity index (χ1v) is 7.13. The summed E-state index contributed by atoms with van der Waals surface area (Å²) in [5, 5.41) is 6.15. The lowest BCUT2D eigenvalue weighted by atomic mass is 10.1. The van der Waals surface area contributed by atoms with Gasteiger partial charge in [0.2, 0.25) is 11.8 Å². The first-order chi connectivity index (χ1) is 10.1. The lowest BCUT2D eigenvalue weighted by Crippen LogP contribution is -2.18. The second-order valence-electron chi connectivity index (χ2n) is 4.98. The SMILES string of the molecule is CCc1cnc(CNC(C)c2cccc(NC(C)=O)c2)o1. The van der Waals surface area contributed by atoms with Crippen LogP contribution in [0.5, 0.6) is 0 Å². The molecule has 21 heavy (non-hydrogen) atoms. The van der Waals surface area contributed by atoms with Gasteiger partial charge >= 0.3 is 0 Å². The minimum Gasteiger partial charge on any atom is -0.444 e. The molecule has 2 N–H and O–H groups in total. The number of nitrogens with zero attached hydrogens (tertiary/aromatic N) is 1. The fraction of sp³-hybridized carbons (Fsp3) is 0.375. The molecule has 0 aliphatic rings. The zero-order valence-electron chi connectivity index (χ0n) is 12.6. The van der Waals surface area contributed by atoms with Crippen LogP contribution in [-0.2, 0) is 17.8 Å². The lowest BCUT2D eigenvalue weighted by molar-refractivity contribution is -0.114. The second-order valence-corrected chi connectivity index (χ2v) is 4.98. The van der Waals surface area contributed by atoms with Crippen LogP contribution in [0.1, 0.15) is 44.0 Å². The van der Waals surface area contributed by atoms with E-state index in [4.69, 9.17) is 4.42 Å². The van der Waals surface area contributed by atoms with Gasteiger partial charge in [0.25, 0.3) is 0 Å². The fourth-order valence-corrected chi connectivity index (χ4v) is 2.04. The minimum absolute atomic E-state index is 0.0698. The van der Waals surface area contributed by atoms with Gasteiger partial charge in [0.1, 0.15) is 5.76 Å². The third-order valence-electron chi connectivity index (χ3n) is 3.22. The summed E-state index contributed by atoms with van der Waals surface area (Å²) in [6.45, 7) is 6.18. The van der Waals surface area contributed by atoms with Crippen LogP contribution in [0.2, 0.25) is 0 Å². The number of carbonyl (C=O) groups is 1. The van der Waals surface area contributed by atoms with Gasteiger partial charge in [-0.1, -0.05) is 19.1 Å². The Balaban J connectivity index is 1.96. The zero-order chi connectivity index (χ0) is 15.2. The molecule has 112 valence electrons. The summed E-state index contributed by atoms with van der Waals surface area (Å²) in [7, 11) is 0. The van der Waals surface area contributed by atoms with Gasteiger partial charge in [-0.05, 0) is 24.6 Å². The number of hydrogen-bond acceptors (Lipinski definition) is 4. The highest BCUT2D eigenvalue weighted by Gasteiger charge is 2.08. The van der Waals surface area contributed by atoms with Gasteiger partial charge in [-0.25, -0.2) is 4.98 Å². The van der Waals surface area contributed by atoms with Crippen LogP contribution < -0.4 is 10.6 Å². The Morgan fingerprint density at radius 1 is 1.43 bits per heavy atom. The number of carbonyl (C=O) groups excluding carboxylic acids is 1. The van der Waals surface area contributed by atoms with Crippen LogP contribution in [0.4, 0.5) is 5.69 Å². The summed E-state index contributed by atoms with van der Waals surface area (Å²) < 4.78 is 5.56. The number of nitrogens with one attached hydrogen (secondary N) is 2. The van der Waals surface area contributed by atoms with Crippen molar-refractivity contribution in [1.29, 1.82) is 0 Å². The van der Waals surface area contributed by atoms with Crippen molar-refractivity contribution < 1.29 is 9.21 Å². The van der Waals surface area contributed by atoms with E-state index in [0.29, 0.717) is 12.4 Å². The Bertz CT molecular complexity index is 607. The molecule has 1 amide bonds. The number of aromatic nitrogens is 1. The van der Waals surface area contributed by atoms with E-state index in [1.165, 1.54) is 6.92 Å². The van der Waals surface area contributed by atoms with Crippen LogP contribution in [0.3, 0.4) is 0 Å². The van der Waals surface area contributed by atoms with Gasteiger partial charge in [0.15, 0.2) is 0 Å². The molecule has 0 saturated heterocycles. The topological polar surface area (TPSA) is 67.2 Å². The normalized spacial score (nSPS) is 12.1. The quantitative estimate of drug-likeness (QED) is 0.857. The molecule has 1 unspecified atom stereocenters. The van der Waals surface area contributed by atoms with E-state index in [0.717, 1.165) is 23.4 Å². The van der Waals surface area contributed by atoms with Crippen molar-refractivity contribution >= 4 is 11.6 Å². The van der Waals surface area contributed by atoms with E-state index in [2.05, 4.69) is 22.5 Å². The van der Waals surface area contributed by atoms with E-state index in [9.17, 15) is 4.79 Å². The minimum atomic E-state index is -0.0698. The summed E-state index contributed by atoms with van der Waals surface area (Å²) in [5.41, 5.74) is 1.90. The molecular formula is C16H21N3O2. The molecule has 5 nitrogen and oxygen atoms in total. The van der Waals surface area contributed by atoms with Gasteiger partial charge < -0.3 is 15.1 Å². The van der Waals surface area contributed by atoms with Crippen molar-refractivity contribution in [3.63, 3.8) is 0 Å². The predicted octanol–water partition coefficient (Wildman–Crippen LogP) is 3.05. The average molecular weight is 287 g/mol. The number of amides is 1. The molecule has 0 bridgehead atoms. The Hall–Kier alpha value is -2.14. The number of benzene rings is 1. The Morgan fingerprint density at radius 3 is 2.90 bits per heavy atom. The standard InChI is InChI=1S/C16H21N3O2/c1-4-15-9-18-16(21-15)10-17-11(2)13-6-5-7-14(8-13)19-12(3)20/h5-9,11,17H,4,10H2,1-3H3,(H,19,20). The number of rotatable bonds is 6. The number of aryl methyl sites for hydroxylation is 1. The highest BCUT2D eigenvalue weighted by molar-refractivity contribution is 5.88. The third kappa shape index (κ3) is 4.43. The van der Waals surface area contributed by atoms with Crippen LogP contribution in [0, 0.1) is 0 Å². The zero-order valence-corrected chi connectivity index (χ0v) is 12.6. The average Bonchev–Trinajstić information content (AvgIpc) is 2.92. The van der Waals surface area contributed by atoms with Crippen LogP contribution in [0.25, 0.3) is 0 Å². The van der Waals surface area contributed by atoms with Crippen molar-refractivity contribution in [3.8, 4) is 0 Å². The van der Waals surface area contributed by atoms with E-state index < -0.39 is 0 Å². The summed E-state index contributed by atoms with van der Waals surface area (Å²) in [6.07, 6.45) is 2.61. The maximum absolute atomic E-state index is 11.1. The largest absolute Gasteiger partial charge is 0.444 e. The fourth-order valence-electron chi connectivity index (χ4n) is 2.04. The first kappa shape index (κ1) is 15.3. The van der Waals surface area contributed by atoms with Crippen molar-refractivity contribution in [2.75, 3.05) is 5.32 Å². The van der Waals surface area contributed by atoms with Gasteiger partial charge in [0.05, 0.1) is 12.7 Å². The van der Waals surface area contributed by atoms with E-state index in [-0.39, 0.29) is 11.9 Å². The van der Waals surface area contributed by atoms with Crippen molar-refractivity contribution in [1.82, 2.24) is 10.3 Å². The van der Waals surface area contributed by atoms with Crippen LogP contribution in [0.15, 0.2) is 34.9 Å². The molecule has 0 spiro atoms. The van der Waals surface area contributed by atoms with Crippen LogP contribution >= 0.6 is 0 Å². The maximum atomic E-state index is 11.1. The molecule has 0 saturated carbocycles. The molecule has 0 aliphatic carbocycles. The summed E-state index contributed by atoms with van der Waals surface area (Å²) in [4.78, 5) is 15.3. The van der Waals surface area contributed by atoms with Crippen molar-refractivity contribution in [2.45, 2.75) is 39.8 Å². The molecule has 1 atom stereocenters. The Morgan fingerprint density at radius 2 is 2.24 bits per heavy atom. The highest BCUT2D eigenvalue weighted by atomic mass is 16.4. The monoisotopic (exact) mass is 287 g/mol. The predicted molar refractivity (Wildman–Crippen MR) is 81.9 cm³/mol. The van der Waals surface area contributed by atoms with Gasteiger partial charge in [0, 0.05) is 25.1 Å². The molecule has 2 aromatic rings. The summed E-state index contributed by atoms with van der Waals surface area (Å²) in [6, 6.07) is 7.93. The number of hydrogen-bond donors (Lipinski definition) is 2. The van der Waals surface area contributed by atoms with Crippen molar-refractivity contribution in [2.24, 2.45) is 0 Å². The molecular weight excluding hydrogens is 266 g/mol. The van der Waals surface area contributed by atoms with E-state index in [1.54, 1.807) is 6.20 Å². The van der Waals surface area contributed by atoms with Crippen molar-refractivity contribution in [3.05, 3.63) is 47.7 Å². The highest BCUT2D eigenvalue weighted by Crippen LogP contribution is 2.18. The molecule has 1 aromatic heterocycles. The smallest absolute Gasteiger partial charge is 0.221 e. The number of anilines is 1. The number of oxazole rings is 1. The van der Waals surface area contributed by atoms with E-state index >= 15 is 0 Å². The Kier molecular flexibility index (Phi) is 5.11.